The molecule has 3 aromatic rings. The van der Waals surface area contributed by atoms with Gasteiger partial charge in [0.25, 0.3) is 0 Å². The molecule has 0 aromatic heterocycles. The number of carboxylic acid groups (broad SMARTS) is 1. The van der Waals surface area contributed by atoms with E-state index in [-0.39, 0.29) is 18.9 Å². The molecule has 0 heterocycles. The maximum atomic E-state index is 12.6. The molecule has 4 rings (SSSR count). The Labute approximate surface area is 204 Å². The fourth-order valence-electron chi connectivity index (χ4n) is 4.48. The molecule has 0 saturated heterocycles. The molecule has 7 heteroatoms. The Hall–Kier alpha value is -4.13. The lowest BCUT2D eigenvalue weighted by Gasteiger charge is -2.20. The Bertz CT molecular complexity index is 1170. The number of benzene rings is 3. The van der Waals surface area contributed by atoms with Crippen LogP contribution in [0.3, 0.4) is 0 Å². The van der Waals surface area contributed by atoms with Crippen LogP contribution in [-0.2, 0) is 14.3 Å². The maximum absolute atomic E-state index is 12.6. The zero-order valence-electron chi connectivity index (χ0n) is 19.4. The van der Waals surface area contributed by atoms with E-state index in [4.69, 9.17) is 4.74 Å². The minimum Gasteiger partial charge on any atom is -0.479 e. The van der Waals surface area contributed by atoms with Crippen LogP contribution in [0.1, 0.15) is 48.4 Å². The Morgan fingerprint density at radius 1 is 0.857 bits per heavy atom. The van der Waals surface area contributed by atoms with E-state index in [9.17, 15) is 19.5 Å². The second kappa shape index (κ2) is 10.9. The van der Waals surface area contributed by atoms with Gasteiger partial charge in [-0.1, -0.05) is 85.8 Å². The zero-order chi connectivity index (χ0) is 24.8. The fourth-order valence-corrected chi connectivity index (χ4v) is 4.48. The minimum absolute atomic E-state index is 0.0567. The Kier molecular flexibility index (Phi) is 7.45. The highest BCUT2D eigenvalue weighted by molar-refractivity contribution is 5.85. The van der Waals surface area contributed by atoms with Gasteiger partial charge in [0, 0.05) is 18.4 Å². The van der Waals surface area contributed by atoms with Crippen LogP contribution in [0.2, 0.25) is 0 Å². The summed E-state index contributed by atoms with van der Waals surface area (Å²) in [6.07, 6.45) is -0.179. The highest BCUT2D eigenvalue weighted by Gasteiger charge is 2.29. The van der Waals surface area contributed by atoms with E-state index < -0.39 is 30.1 Å². The van der Waals surface area contributed by atoms with Crippen molar-refractivity contribution in [2.75, 3.05) is 6.61 Å². The molecule has 2 atom stereocenters. The summed E-state index contributed by atoms with van der Waals surface area (Å²) in [5.41, 5.74) is 5.01. The van der Waals surface area contributed by atoms with Crippen molar-refractivity contribution in [3.05, 3.63) is 95.6 Å². The first-order valence-electron chi connectivity index (χ1n) is 11.7. The maximum Gasteiger partial charge on any atom is 0.407 e. The molecule has 180 valence electrons. The molecule has 35 heavy (non-hydrogen) atoms. The van der Waals surface area contributed by atoms with Gasteiger partial charge in [-0.25, -0.2) is 9.59 Å². The smallest absolute Gasteiger partial charge is 0.407 e. The summed E-state index contributed by atoms with van der Waals surface area (Å²) >= 11 is 0. The monoisotopic (exact) mass is 472 g/mol. The van der Waals surface area contributed by atoms with Crippen LogP contribution in [-0.4, -0.2) is 35.7 Å². The number of carbonyl (C=O) groups excluding carboxylic acids is 2. The third-order valence-corrected chi connectivity index (χ3v) is 6.28. The van der Waals surface area contributed by atoms with Crippen molar-refractivity contribution in [2.24, 2.45) is 0 Å². The summed E-state index contributed by atoms with van der Waals surface area (Å²) in [5.74, 6) is -1.67. The van der Waals surface area contributed by atoms with Crippen molar-refractivity contribution in [1.82, 2.24) is 10.6 Å². The van der Waals surface area contributed by atoms with Crippen LogP contribution in [0.25, 0.3) is 11.1 Å². The van der Waals surface area contributed by atoms with Crippen LogP contribution in [0.5, 0.6) is 0 Å². The minimum atomic E-state index is -1.16. The van der Waals surface area contributed by atoms with E-state index in [0.717, 1.165) is 22.3 Å². The van der Waals surface area contributed by atoms with Crippen LogP contribution < -0.4 is 10.6 Å². The highest BCUT2D eigenvalue weighted by Crippen LogP contribution is 2.44. The summed E-state index contributed by atoms with van der Waals surface area (Å²) in [7, 11) is 0. The van der Waals surface area contributed by atoms with Crippen molar-refractivity contribution in [2.45, 2.75) is 37.8 Å². The van der Waals surface area contributed by atoms with Crippen molar-refractivity contribution < 1.29 is 24.2 Å². The number of fused-ring (bicyclic) bond motifs is 3. The van der Waals surface area contributed by atoms with Gasteiger partial charge in [0.05, 0.1) is 0 Å². The molecule has 1 aliphatic carbocycles. The first-order valence-corrected chi connectivity index (χ1v) is 11.7. The number of amides is 2. The molecular weight excluding hydrogens is 444 g/mol. The van der Waals surface area contributed by atoms with E-state index in [1.165, 1.54) is 0 Å². The molecule has 7 nitrogen and oxygen atoms in total. The van der Waals surface area contributed by atoms with Gasteiger partial charge in [0.15, 0.2) is 6.04 Å². The standard InChI is InChI=1S/C28H28N2O5/c1-2-19(16-25(31)30-26(27(32)33)18-10-4-3-5-11-18)29-28(34)35-17-24-22-14-8-6-12-20(22)21-13-7-9-15-23(21)24/h3-15,19,24,26H,2,16-17H2,1H3,(H,29,34)(H,30,31)(H,32,33)/t19-,26+/m0/s1. The number of hydrogen-bond donors (Lipinski definition) is 3. The van der Waals surface area contributed by atoms with Gasteiger partial charge in [-0.3, -0.25) is 4.79 Å². The molecule has 3 N–H and O–H groups in total. The molecule has 0 bridgehead atoms. The predicted molar refractivity (Wildman–Crippen MR) is 132 cm³/mol. The number of rotatable bonds is 9. The molecule has 3 aromatic carbocycles. The Morgan fingerprint density at radius 3 is 2.00 bits per heavy atom. The topological polar surface area (TPSA) is 105 Å². The third-order valence-electron chi connectivity index (χ3n) is 6.28. The van der Waals surface area contributed by atoms with Gasteiger partial charge in [-0.05, 0) is 34.2 Å². The molecule has 0 radical (unpaired) electrons. The number of carboxylic acids is 1. The second-order valence-corrected chi connectivity index (χ2v) is 8.53. The summed E-state index contributed by atoms with van der Waals surface area (Å²) < 4.78 is 5.57. The number of ether oxygens (including phenoxy) is 1. The van der Waals surface area contributed by atoms with Crippen LogP contribution in [0.15, 0.2) is 78.9 Å². The van der Waals surface area contributed by atoms with Crippen LogP contribution in [0, 0.1) is 0 Å². The van der Waals surface area contributed by atoms with Gasteiger partial charge < -0.3 is 20.5 Å². The lowest BCUT2D eigenvalue weighted by molar-refractivity contribution is -0.142. The number of aliphatic carboxylic acids is 1. The van der Waals surface area contributed by atoms with Crippen LogP contribution >= 0.6 is 0 Å². The highest BCUT2D eigenvalue weighted by atomic mass is 16.5. The summed E-state index contributed by atoms with van der Waals surface area (Å²) in [5, 5.41) is 14.8. The zero-order valence-corrected chi connectivity index (χ0v) is 19.4. The van der Waals surface area contributed by atoms with Gasteiger partial charge in [-0.15, -0.1) is 0 Å². The quantitative estimate of drug-likeness (QED) is 0.421. The first-order chi connectivity index (χ1) is 17.0. The SMILES string of the molecule is CC[C@@H](CC(=O)N[C@@H](C(=O)O)c1ccccc1)NC(=O)OCC1c2ccccc2-c2ccccc21. The lowest BCUT2D eigenvalue weighted by Crippen LogP contribution is -2.41. The molecule has 0 aliphatic heterocycles. The van der Waals surface area contributed by atoms with Gasteiger partial charge >= 0.3 is 12.1 Å². The van der Waals surface area contributed by atoms with Gasteiger partial charge in [-0.2, -0.15) is 0 Å². The van der Waals surface area contributed by atoms with E-state index in [1.54, 1.807) is 30.3 Å². The first kappa shape index (κ1) is 24.0. The molecule has 0 fully saturated rings. The Balaban J connectivity index is 1.34. The molecular formula is C28H28N2O5. The second-order valence-electron chi connectivity index (χ2n) is 8.53. The average molecular weight is 473 g/mol. The van der Waals surface area contributed by atoms with Gasteiger partial charge in [0.1, 0.15) is 6.61 Å². The molecule has 1 aliphatic rings. The molecule has 0 unspecified atom stereocenters. The number of carbonyl (C=O) groups is 3. The van der Waals surface area contributed by atoms with Crippen LogP contribution in [0.4, 0.5) is 4.79 Å². The normalized spacial score (nSPS) is 13.7. The lowest BCUT2D eigenvalue weighted by atomic mass is 9.98. The summed E-state index contributed by atoms with van der Waals surface area (Å²) in [6, 6.07) is 23.0. The molecule has 0 saturated carbocycles. The largest absolute Gasteiger partial charge is 0.479 e. The van der Waals surface area contributed by atoms with E-state index in [2.05, 4.69) is 22.8 Å². The van der Waals surface area contributed by atoms with Gasteiger partial charge in [0.2, 0.25) is 5.91 Å². The average Bonchev–Trinajstić information content (AvgIpc) is 3.19. The van der Waals surface area contributed by atoms with E-state index >= 15 is 0 Å². The van der Waals surface area contributed by atoms with Crippen molar-refractivity contribution in [3.8, 4) is 11.1 Å². The number of nitrogens with one attached hydrogen (secondary N) is 2. The van der Waals surface area contributed by atoms with Crippen molar-refractivity contribution in [3.63, 3.8) is 0 Å². The summed E-state index contributed by atoms with van der Waals surface area (Å²) in [4.78, 5) is 36.8. The van der Waals surface area contributed by atoms with Crippen molar-refractivity contribution in [1.29, 1.82) is 0 Å². The fraction of sp³-hybridized carbons (Fsp3) is 0.250. The van der Waals surface area contributed by atoms with Crippen molar-refractivity contribution >= 4 is 18.0 Å². The third kappa shape index (κ3) is 5.51. The van der Waals surface area contributed by atoms with E-state index in [1.807, 2.05) is 43.3 Å². The Morgan fingerprint density at radius 2 is 1.43 bits per heavy atom. The number of hydrogen-bond acceptors (Lipinski definition) is 4. The predicted octanol–water partition coefficient (Wildman–Crippen LogP) is 4.64. The molecule has 2 amide bonds. The summed E-state index contributed by atoms with van der Waals surface area (Å²) in [6.45, 7) is 2.02. The molecule has 0 spiro atoms. The van der Waals surface area contributed by atoms with E-state index in [0.29, 0.717) is 12.0 Å². The number of alkyl carbamates (subject to hydrolysis) is 1.